The molecule has 0 bridgehead atoms. The van der Waals surface area contributed by atoms with E-state index in [1.807, 2.05) is 32.0 Å². The standard InChI is InChI=1S/C12H18O2/c1-12(2,13-3)10-14-9-11-7-5-4-6-8-11/h4-8H,9-10H2,1-3H3. The van der Waals surface area contributed by atoms with Crippen LogP contribution in [0.3, 0.4) is 0 Å². The van der Waals surface area contributed by atoms with Crippen LogP contribution < -0.4 is 0 Å². The van der Waals surface area contributed by atoms with E-state index >= 15 is 0 Å². The van der Waals surface area contributed by atoms with Gasteiger partial charge in [0.1, 0.15) is 0 Å². The molecule has 0 radical (unpaired) electrons. The highest BCUT2D eigenvalue weighted by Gasteiger charge is 2.15. The summed E-state index contributed by atoms with van der Waals surface area (Å²) in [6, 6.07) is 10.1. The van der Waals surface area contributed by atoms with E-state index in [4.69, 9.17) is 9.47 Å². The Labute approximate surface area is 85.8 Å². The fourth-order valence-corrected chi connectivity index (χ4v) is 1.05. The zero-order valence-electron chi connectivity index (χ0n) is 9.12. The van der Waals surface area contributed by atoms with Crippen molar-refractivity contribution in [1.82, 2.24) is 0 Å². The van der Waals surface area contributed by atoms with E-state index in [0.29, 0.717) is 13.2 Å². The van der Waals surface area contributed by atoms with Crippen molar-refractivity contribution in [2.24, 2.45) is 0 Å². The summed E-state index contributed by atoms with van der Waals surface area (Å²) in [6.45, 7) is 5.28. The Morgan fingerprint density at radius 3 is 2.36 bits per heavy atom. The van der Waals surface area contributed by atoms with Crippen molar-refractivity contribution in [3.05, 3.63) is 35.9 Å². The summed E-state index contributed by atoms with van der Waals surface area (Å²) < 4.78 is 10.8. The first-order valence-electron chi connectivity index (χ1n) is 4.81. The van der Waals surface area contributed by atoms with Gasteiger partial charge in [-0.15, -0.1) is 0 Å². The van der Waals surface area contributed by atoms with E-state index in [1.54, 1.807) is 7.11 Å². The van der Waals surface area contributed by atoms with Gasteiger partial charge in [-0.05, 0) is 19.4 Å². The second-order valence-electron chi connectivity index (χ2n) is 3.94. The third kappa shape index (κ3) is 3.90. The van der Waals surface area contributed by atoms with E-state index in [-0.39, 0.29) is 5.60 Å². The van der Waals surface area contributed by atoms with Crippen molar-refractivity contribution in [3.63, 3.8) is 0 Å². The van der Waals surface area contributed by atoms with Crippen LogP contribution in [0.2, 0.25) is 0 Å². The molecule has 0 saturated carbocycles. The lowest BCUT2D eigenvalue weighted by Crippen LogP contribution is -2.28. The first-order chi connectivity index (χ1) is 6.64. The first-order valence-corrected chi connectivity index (χ1v) is 4.81. The molecule has 0 heterocycles. The zero-order chi connectivity index (χ0) is 10.4. The fourth-order valence-electron chi connectivity index (χ4n) is 1.05. The summed E-state index contributed by atoms with van der Waals surface area (Å²) >= 11 is 0. The van der Waals surface area contributed by atoms with Crippen LogP contribution in [0, 0.1) is 0 Å². The molecule has 1 aromatic carbocycles. The highest BCUT2D eigenvalue weighted by Crippen LogP contribution is 2.09. The average Bonchev–Trinajstić information content (AvgIpc) is 2.19. The number of ether oxygens (including phenoxy) is 2. The van der Waals surface area contributed by atoms with E-state index in [1.165, 1.54) is 5.56 Å². The Bertz CT molecular complexity index is 254. The van der Waals surface area contributed by atoms with Crippen molar-refractivity contribution >= 4 is 0 Å². The zero-order valence-corrected chi connectivity index (χ0v) is 9.12. The molecule has 0 aromatic heterocycles. The Kier molecular flexibility index (Phi) is 4.11. The summed E-state index contributed by atoms with van der Waals surface area (Å²) in [5.74, 6) is 0. The van der Waals surface area contributed by atoms with Gasteiger partial charge in [-0.3, -0.25) is 0 Å². The molecule has 0 unspecified atom stereocenters. The number of hydrogen-bond acceptors (Lipinski definition) is 2. The summed E-state index contributed by atoms with van der Waals surface area (Å²) in [7, 11) is 1.70. The van der Waals surface area contributed by atoms with Gasteiger partial charge in [0.25, 0.3) is 0 Å². The molecule has 0 amide bonds. The highest BCUT2D eigenvalue weighted by molar-refractivity contribution is 5.13. The van der Waals surface area contributed by atoms with Gasteiger partial charge < -0.3 is 9.47 Å². The maximum absolute atomic E-state index is 5.55. The van der Waals surface area contributed by atoms with Crippen LogP contribution in [0.15, 0.2) is 30.3 Å². The molecule has 0 aliphatic carbocycles. The van der Waals surface area contributed by atoms with Gasteiger partial charge in [0.2, 0.25) is 0 Å². The molecule has 0 fully saturated rings. The lowest BCUT2D eigenvalue weighted by atomic mass is 10.1. The topological polar surface area (TPSA) is 18.5 Å². The van der Waals surface area contributed by atoms with Crippen molar-refractivity contribution in [2.45, 2.75) is 26.1 Å². The van der Waals surface area contributed by atoms with Gasteiger partial charge in [-0.1, -0.05) is 30.3 Å². The van der Waals surface area contributed by atoms with Crippen LogP contribution in [0.4, 0.5) is 0 Å². The second kappa shape index (κ2) is 5.13. The molecule has 1 aromatic rings. The van der Waals surface area contributed by atoms with E-state index in [2.05, 4.69) is 12.1 Å². The molecule has 78 valence electrons. The lowest BCUT2D eigenvalue weighted by molar-refractivity contribution is -0.0554. The van der Waals surface area contributed by atoms with Gasteiger partial charge in [-0.25, -0.2) is 0 Å². The van der Waals surface area contributed by atoms with Crippen LogP contribution in [0.5, 0.6) is 0 Å². The Morgan fingerprint density at radius 1 is 1.14 bits per heavy atom. The van der Waals surface area contributed by atoms with E-state index < -0.39 is 0 Å². The molecule has 0 spiro atoms. The third-order valence-corrected chi connectivity index (χ3v) is 2.11. The quantitative estimate of drug-likeness (QED) is 0.717. The van der Waals surface area contributed by atoms with E-state index in [9.17, 15) is 0 Å². The molecular weight excluding hydrogens is 176 g/mol. The maximum Gasteiger partial charge on any atom is 0.0855 e. The second-order valence-corrected chi connectivity index (χ2v) is 3.94. The molecule has 0 N–H and O–H groups in total. The van der Waals surface area contributed by atoms with Crippen LogP contribution in [0.25, 0.3) is 0 Å². The molecular formula is C12H18O2. The van der Waals surface area contributed by atoms with Crippen LogP contribution in [0.1, 0.15) is 19.4 Å². The molecule has 0 saturated heterocycles. The molecule has 14 heavy (non-hydrogen) atoms. The SMILES string of the molecule is COC(C)(C)COCc1ccccc1. The van der Waals surface area contributed by atoms with Crippen molar-refractivity contribution in [1.29, 1.82) is 0 Å². The van der Waals surface area contributed by atoms with Crippen LogP contribution in [-0.2, 0) is 16.1 Å². The largest absolute Gasteiger partial charge is 0.376 e. The van der Waals surface area contributed by atoms with Crippen molar-refractivity contribution in [2.75, 3.05) is 13.7 Å². The Morgan fingerprint density at radius 2 is 1.79 bits per heavy atom. The normalized spacial score (nSPS) is 11.6. The van der Waals surface area contributed by atoms with Crippen molar-refractivity contribution in [3.8, 4) is 0 Å². The van der Waals surface area contributed by atoms with Gasteiger partial charge in [-0.2, -0.15) is 0 Å². The van der Waals surface area contributed by atoms with Gasteiger partial charge in [0, 0.05) is 7.11 Å². The molecule has 2 heteroatoms. The van der Waals surface area contributed by atoms with Gasteiger partial charge in [0.05, 0.1) is 18.8 Å². The molecule has 2 nitrogen and oxygen atoms in total. The van der Waals surface area contributed by atoms with Crippen LogP contribution in [-0.4, -0.2) is 19.3 Å². The predicted molar refractivity (Wildman–Crippen MR) is 57.2 cm³/mol. The number of rotatable bonds is 5. The number of benzene rings is 1. The minimum atomic E-state index is -0.200. The summed E-state index contributed by atoms with van der Waals surface area (Å²) in [6.07, 6.45) is 0. The molecule has 0 atom stereocenters. The Hall–Kier alpha value is -0.860. The molecule has 0 aliphatic rings. The summed E-state index contributed by atoms with van der Waals surface area (Å²) in [5, 5.41) is 0. The predicted octanol–water partition coefficient (Wildman–Crippen LogP) is 2.63. The van der Waals surface area contributed by atoms with Crippen LogP contribution >= 0.6 is 0 Å². The monoisotopic (exact) mass is 194 g/mol. The number of hydrogen-bond donors (Lipinski definition) is 0. The maximum atomic E-state index is 5.55. The van der Waals surface area contributed by atoms with Crippen molar-refractivity contribution < 1.29 is 9.47 Å². The van der Waals surface area contributed by atoms with Gasteiger partial charge >= 0.3 is 0 Å². The third-order valence-electron chi connectivity index (χ3n) is 2.11. The fraction of sp³-hybridized carbons (Fsp3) is 0.500. The highest BCUT2D eigenvalue weighted by atomic mass is 16.5. The average molecular weight is 194 g/mol. The lowest BCUT2D eigenvalue weighted by Gasteiger charge is -2.22. The smallest absolute Gasteiger partial charge is 0.0855 e. The summed E-state index contributed by atoms with van der Waals surface area (Å²) in [4.78, 5) is 0. The number of methoxy groups -OCH3 is 1. The summed E-state index contributed by atoms with van der Waals surface area (Å²) in [5.41, 5.74) is 0.994. The molecule has 1 rings (SSSR count). The van der Waals surface area contributed by atoms with E-state index in [0.717, 1.165) is 0 Å². The molecule has 0 aliphatic heterocycles. The minimum absolute atomic E-state index is 0.200. The Balaban J connectivity index is 2.29. The first kappa shape index (κ1) is 11.2. The minimum Gasteiger partial charge on any atom is -0.376 e. The van der Waals surface area contributed by atoms with Gasteiger partial charge in [0.15, 0.2) is 0 Å².